The Bertz CT molecular complexity index is 353. The van der Waals surface area contributed by atoms with Gasteiger partial charge in [-0.2, -0.15) is 0 Å². The highest BCUT2D eigenvalue weighted by molar-refractivity contribution is 6.49. The molecule has 3 nitrogen and oxygen atoms in total. The van der Waals surface area contributed by atoms with Crippen molar-refractivity contribution in [3.63, 3.8) is 0 Å². The van der Waals surface area contributed by atoms with Crippen LogP contribution < -0.4 is 4.57 Å². The van der Waals surface area contributed by atoms with Crippen molar-refractivity contribution in [3.05, 3.63) is 29.3 Å². The highest BCUT2D eigenvalue weighted by Gasteiger charge is 2.22. The quantitative estimate of drug-likeness (QED) is 0.727. The van der Waals surface area contributed by atoms with E-state index in [4.69, 9.17) is 8.85 Å². The summed E-state index contributed by atoms with van der Waals surface area (Å²) in [4.78, 5) is 0. The normalized spacial score (nSPS) is 10.9. The highest BCUT2D eigenvalue weighted by Crippen LogP contribution is 2.24. The van der Waals surface area contributed by atoms with E-state index < -0.39 is 9.45 Å². The molecule has 0 amide bonds. The fourth-order valence-electron chi connectivity index (χ4n) is 1.98. The van der Waals surface area contributed by atoms with Gasteiger partial charge in [0.15, 0.2) is 0 Å². The van der Waals surface area contributed by atoms with Gasteiger partial charge in [0.2, 0.25) is 0 Å². The van der Waals surface area contributed by atoms with Crippen molar-refractivity contribution in [1.82, 2.24) is 0 Å². The van der Waals surface area contributed by atoms with Crippen LogP contribution in [0, 0.1) is 13.8 Å². The molecule has 0 saturated carbocycles. The SMILES string of the molecule is CCCN(c1cccc(C)c1C)[SiH](OC)OC. The fourth-order valence-corrected chi connectivity index (χ4v) is 3.66. The maximum absolute atomic E-state index is 5.51. The average Bonchev–Trinajstić information content (AvgIpc) is 2.33. The second-order valence-electron chi connectivity index (χ2n) is 4.19. The molecule has 0 heterocycles. The molecule has 0 unspecified atom stereocenters. The molecule has 0 saturated heterocycles. The lowest BCUT2D eigenvalue weighted by atomic mass is 10.1. The van der Waals surface area contributed by atoms with Crippen LogP contribution in [-0.2, 0) is 8.85 Å². The Morgan fingerprint density at radius 2 is 1.82 bits per heavy atom. The van der Waals surface area contributed by atoms with Crippen LogP contribution in [0.15, 0.2) is 18.2 Å². The molecule has 0 fully saturated rings. The van der Waals surface area contributed by atoms with E-state index in [0.29, 0.717) is 0 Å². The van der Waals surface area contributed by atoms with Crippen molar-refractivity contribution in [3.8, 4) is 0 Å². The van der Waals surface area contributed by atoms with Gasteiger partial charge in [0.25, 0.3) is 0 Å². The number of nitrogens with zero attached hydrogens (tertiary/aromatic N) is 1. The second-order valence-corrected chi connectivity index (χ2v) is 6.37. The number of hydrogen-bond acceptors (Lipinski definition) is 3. The zero-order valence-electron chi connectivity index (χ0n) is 11.5. The third kappa shape index (κ3) is 3.31. The summed E-state index contributed by atoms with van der Waals surface area (Å²) in [5, 5.41) is 0. The van der Waals surface area contributed by atoms with Gasteiger partial charge in [0.05, 0.1) is 0 Å². The zero-order valence-corrected chi connectivity index (χ0v) is 12.6. The van der Waals surface area contributed by atoms with Crippen LogP contribution in [0.1, 0.15) is 24.5 Å². The first-order valence-electron chi connectivity index (χ1n) is 6.04. The van der Waals surface area contributed by atoms with Gasteiger partial charge in [-0.05, 0) is 37.5 Å². The van der Waals surface area contributed by atoms with E-state index in [1.807, 2.05) is 0 Å². The molecule has 96 valence electrons. The molecule has 0 radical (unpaired) electrons. The smallest absolute Gasteiger partial charge is 0.384 e. The molecule has 0 aliphatic carbocycles. The topological polar surface area (TPSA) is 21.7 Å². The molecule has 4 heteroatoms. The molecular weight excluding hydrogens is 230 g/mol. The Balaban J connectivity index is 3.08. The maximum atomic E-state index is 5.51. The van der Waals surface area contributed by atoms with Gasteiger partial charge < -0.3 is 13.4 Å². The summed E-state index contributed by atoms with van der Waals surface area (Å²) in [6.45, 7) is 7.45. The molecule has 17 heavy (non-hydrogen) atoms. The lowest BCUT2D eigenvalue weighted by molar-refractivity contribution is 0.274. The molecule has 1 rings (SSSR count). The minimum Gasteiger partial charge on any atom is -0.384 e. The van der Waals surface area contributed by atoms with Crippen molar-refractivity contribution >= 4 is 15.1 Å². The molecule has 0 aliphatic rings. The largest absolute Gasteiger partial charge is 0.442 e. The zero-order chi connectivity index (χ0) is 12.8. The summed E-state index contributed by atoms with van der Waals surface area (Å²) < 4.78 is 13.3. The van der Waals surface area contributed by atoms with Crippen LogP contribution in [0.5, 0.6) is 0 Å². The molecule has 0 aromatic heterocycles. The van der Waals surface area contributed by atoms with Crippen LogP contribution in [0.25, 0.3) is 0 Å². The Morgan fingerprint density at radius 1 is 1.18 bits per heavy atom. The van der Waals surface area contributed by atoms with Crippen molar-refractivity contribution in [2.24, 2.45) is 0 Å². The molecule has 0 spiro atoms. The van der Waals surface area contributed by atoms with E-state index in [1.54, 1.807) is 14.2 Å². The molecule has 0 bridgehead atoms. The molecule has 0 aliphatic heterocycles. The number of benzene rings is 1. The van der Waals surface area contributed by atoms with Crippen molar-refractivity contribution < 1.29 is 8.85 Å². The van der Waals surface area contributed by atoms with Gasteiger partial charge in [-0.3, -0.25) is 0 Å². The van der Waals surface area contributed by atoms with Gasteiger partial charge >= 0.3 is 9.45 Å². The first-order chi connectivity index (χ1) is 8.15. The Hall–Kier alpha value is -0.843. The van der Waals surface area contributed by atoms with Crippen molar-refractivity contribution in [1.29, 1.82) is 0 Å². The predicted octanol–water partition coefficient (Wildman–Crippen LogP) is 2.53. The van der Waals surface area contributed by atoms with Crippen LogP contribution in [0.3, 0.4) is 0 Å². The molecule has 1 aromatic rings. The molecule has 0 N–H and O–H groups in total. The summed E-state index contributed by atoms with van der Waals surface area (Å²) in [7, 11) is 1.69. The first kappa shape index (κ1) is 14.2. The lowest BCUT2D eigenvalue weighted by Crippen LogP contribution is -2.44. The van der Waals surface area contributed by atoms with Crippen LogP contribution in [0.4, 0.5) is 5.69 Å². The lowest BCUT2D eigenvalue weighted by Gasteiger charge is -2.31. The number of rotatable bonds is 6. The van der Waals surface area contributed by atoms with Gasteiger partial charge in [0.1, 0.15) is 0 Å². The van der Waals surface area contributed by atoms with Gasteiger partial charge in [-0.25, -0.2) is 0 Å². The monoisotopic (exact) mass is 253 g/mol. The van der Waals surface area contributed by atoms with E-state index >= 15 is 0 Å². The van der Waals surface area contributed by atoms with E-state index in [9.17, 15) is 0 Å². The molecule has 0 atom stereocenters. The fraction of sp³-hybridized carbons (Fsp3) is 0.538. The summed E-state index contributed by atoms with van der Waals surface area (Å²) >= 11 is 0. The maximum Gasteiger partial charge on any atom is 0.442 e. The number of hydrogen-bond donors (Lipinski definition) is 0. The summed E-state index contributed by atoms with van der Waals surface area (Å²) in [6, 6.07) is 6.38. The average molecular weight is 253 g/mol. The summed E-state index contributed by atoms with van der Waals surface area (Å²) in [6.07, 6.45) is 1.09. The van der Waals surface area contributed by atoms with Crippen LogP contribution >= 0.6 is 0 Å². The van der Waals surface area contributed by atoms with E-state index in [2.05, 4.69) is 43.5 Å². The van der Waals surface area contributed by atoms with Crippen LogP contribution in [0.2, 0.25) is 0 Å². The van der Waals surface area contributed by atoms with Crippen molar-refractivity contribution in [2.45, 2.75) is 27.2 Å². The van der Waals surface area contributed by atoms with E-state index in [0.717, 1.165) is 13.0 Å². The number of aryl methyl sites for hydroxylation is 1. The summed E-state index contributed by atoms with van der Waals surface area (Å²) in [5.74, 6) is 0. The van der Waals surface area contributed by atoms with Crippen LogP contribution in [-0.4, -0.2) is 30.2 Å². The van der Waals surface area contributed by atoms with Gasteiger partial charge in [-0.1, -0.05) is 19.1 Å². The highest BCUT2D eigenvalue weighted by atomic mass is 28.3. The number of anilines is 1. The van der Waals surface area contributed by atoms with Gasteiger partial charge in [-0.15, -0.1) is 0 Å². The van der Waals surface area contributed by atoms with E-state index in [-0.39, 0.29) is 0 Å². The standard InChI is InChI=1S/C13H23NO2Si/c1-6-10-14(17(15-4)16-5)13-9-7-8-11(2)12(13)3/h7-9,17H,6,10H2,1-5H3. The van der Waals surface area contributed by atoms with Crippen molar-refractivity contribution in [2.75, 3.05) is 25.3 Å². The molecule has 1 aromatic carbocycles. The Labute approximate surface area is 106 Å². The van der Waals surface area contributed by atoms with Gasteiger partial charge in [0, 0.05) is 26.5 Å². The minimum absolute atomic E-state index is 0.975. The predicted molar refractivity (Wildman–Crippen MR) is 74.7 cm³/mol. The Kier molecular flexibility index (Phi) is 5.68. The Morgan fingerprint density at radius 3 is 2.35 bits per heavy atom. The third-order valence-electron chi connectivity index (χ3n) is 3.01. The second kappa shape index (κ2) is 6.79. The third-order valence-corrected chi connectivity index (χ3v) is 4.86. The molecular formula is C13H23NO2Si. The summed E-state index contributed by atoms with van der Waals surface area (Å²) in [5.41, 5.74) is 3.86. The van der Waals surface area contributed by atoms with E-state index in [1.165, 1.54) is 16.8 Å². The minimum atomic E-state index is -1.77. The first-order valence-corrected chi connectivity index (χ1v) is 7.50.